The van der Waals surface area contributed by atoms with Gasteiger partial charge in [0.1, 0.15) is 0 Å². The highest BCUT2D eigenvalue weighted by Crippen LogP contribution is 2.01. The lowest BCUT2D eigenvalue weighted by Crippen LogP contribution is -2.11. The number of aliphatic carboxylic acids is 1. The fourth-order valence-electron chi connectivity index (χ4n) is 0.825. The maximum atomic E-state index is 11.4. The molecule has 0 amide bonds. The highest BCUT2D eigenvalue weighted by atomic mass is 16.5. The van der Waals surface area contributed by atoms with Gasteiger partial charge in [-0.3, -0.25) is 0 Å². The molecule has 1 atom stereocenters. The number of hydrogen-bond donors (Lipinski definition) is 2. The Kier molecular flexibility index (Phi) is 6.89. The van der Waals surface area contributed by atoms with Gasteiger partial charge in [-0.25, -0.2) is 9.59 Å². The fraction of sp³-hybridized carbons (Fsp3) is 0.500. The van der Waals surface area contributed by atoms with Crippen LogP contribution in [-0.4, -0.2) is 34.9 Å². The molecule has 0 fully saturated rings. The minimum Gasteiger partial charge on any atom is -0.478 e. The molecule has 2 N–H and O–H groups in total. The second-order valence-electron chi connectivity index (χ2n) is 3.78. The summed E-state index contributed by atoms with van der Waals surface area (Å²) in [5.41, 5.74) is 0.456. The third-order valence-electron chi connectivity index (χ3n) is 2.01. The Balaban J connectivity index is 4.26. The number of esters is 1. The van der Waals surface area contributed by atoms with E-state index in [1.807, 2.05) is 0 Å². The highest BCUT2D eigenvalue weighted by molar-refractivity contribution is 5.89. The lowest BCUT2D eigenvalue weighted by atomic mass is 10.2. The summed E-state index contributed by atoms with van der Waals surface area (Å²) in [6.45, 7) is 4.72. The Labute approximate surface area is 100 Å². The second kappa shape index (κ2) is 7.62. The zero-order valence-corrected chi connectivity index (χ0v) is 10.3. The van der Waals surface area contributed by atoms with E-state index in [-0.39, 0.29) is 12.2 Å². The Morgan fingerprint density at radius 1 is 1.24 bits per heavy atom. The van der Waals surface area contributed by atoms with E-state index in [9.17, 15) is 9.59 Å². The van der Waals surface area contributed by atoms with Crippen molar-refractivity contribution in [3.8, 4) is 0 Å². The van der Waals surface area contributed by atoms with Crippen LogP contribution in [0.15, 0.2) is 23.3 Å². The van der Waals surface area contributed by atoms with Gasteiger partial charge in [0.2, 0.25) is 0 Å². The van der Waals surface area contributed by atoms with Crippen LogP contribution in [-0.2, 0) is 14.3 Å². The van der Waals surface area contributed by atoms with Crippen LogP contribution >= 0.6 is 0 Å². The van der Waals surface area contributed by atoms with Crippen LogP contribution in [0.2, 0.25) is 0 Å². The van der Waals surface area contributed by atoms with Gasteiger partial charge in [-0.05, 0) is 20.8 Å². The van der Waals surface area contributed by atoms with E-state index >= 15 is 0 Å². The predicted octanol–water partition coefficient (Wildman–Crippen LogP) is 1.28. The Morgan fingerprint density at radius 2 is 1.76 bits per heavy atom. The maximum Gasteiger partial charge on any atom is 0.333 e. The van der Waals surface area contributed by atoms with Gasteiger partial charge in [0.15, 0.2) is 0 Å². The first-order chi connectivity index (χ1) is 7.84. The number of aliphatic hydroxyl groups is 1. The zero-order valence-electron chi connectivity index (χ0n) is 10.3. The van der Waals surface area contributed by atoms with E-state index < -0.39 is 18.0 Å². The topological polar surface area (TPSA) is 83.8 Å². The SMILES string of the molecule is CC(=CC=C(C)C(=O)OCCC(C)O)C(=O)O. The first-order valence-electron chi connectivity index (χ1n) is 5.28. The minimum atomic E-state index is -1.03. The van der Waals surface area contributed by atoms with Gasteiger partial charge >= 0.3 is 11.9 Å². The molecule has 0 heterocycles. The molecule has 0 spiro atoms. The molecule has 96 valence electrons. The lowest BCUT2D eigenvalue weighted by molar-refractivity contribution is -0.139. The number of aliphatic hydroxyl groups excluding tert-OH is 1. The van der Waals surface area contributed by atoms with Crippen LogP contribution in [0.25, 0.3) is 0 Å². The zero-order chi connectivity index (χ0) is 13.4. The number of ether oxygens (including phenoxy) is 1. The summed E-state index contributed by atoms with van der Waals surface area (Å²) in [7, 11) is 0. The van der Waals surface area contributed by atoms with Crippen LogP contribution in [0, 0.1) is 0 Å². The number of carboxylic acids is 1. The third kappa shape index (κ3) is 7.30. The molecule has 0 aliphatic heterocycles. The van der Waals surface area contributed by atoms with Crippen LogP contribution in [0.5, 0.6) is 0 Å². The first kappa shape index (κ1) is 15.4. The molecule has 0 aliphatic rings. The van der Waals surface area contributed by atoms with Crippen LogP contribution < -0.4 is 0 Å². The van der Waals surface area contributed by atoms with E-state index in [0.717, 1.165) is 0 Å². The van der Waals surface area contributed by atoms with Gasteiger partial charge < -0.3 is 14.9 Å². The van der Waals surface area contributed by atoms with Gasteiger partial charge in [-0.2, -0.15) is 0 Å². The van der Waals surface area contributed by atoms with Crippen molar-refractivity contribution in [2.24, 2.45) is 0 Å². The number of carbonyl (C=O) groups is 2. The Hall–Kier alpha value is -1.62. The summed E-state index contributed by atoms with van der Waals surface area (Å²) in [4.78, 5) is 21.8. The summed E-state index contributed by atoms with van der Waals surface area (Å²) in [5, 5.41) is 17.6. The molecule has 17 heavy (non-hydrogen) atoms. The quantitative estimate of drug-likeness (QED) is 0.416. The van der Waals surface area contributed by atoms with Crippen LogP contribution in [0.4, 0.5) is 0 Å². The summed E-state index contributed by atoms with van der Waals surface area (Å²) >= 11 is 0. The van der Waals surface area contributed by atoms with Crippen molar-refractivity contribution in [1.82, 2.24) is 0 Å². The maximum absolute atomic E-state index is 11.4. The molecular formula is C12H18O5. The third-order valence-corrected chi connectivity index (χ3v) is 2.01. The van der Waals surface area contributed by atoms with Crippen molar-refractivity contribution < 1.29 is 24.5 Å². The van der Waals surface area contributed by atoms with Crippen molar-refractivity contribution >= 4 is 11.9 Å². The van der Waals surface area contributed by atoms with Crippen molar-refractivity contribution in [2.75, 3.05) is 6.61 Å². The number of carboxylic acid groups (broad SMARTS) is 1. The fourth-order valence-corrected chi connectivity index (χ4v) is 0.825. The average molecular weight is 242 g/mol. The highest BCUT2D eigenvalue weighted by Gasteiger charge is 2.06. The van der Waals surface area contributed by atoms with Crippen LogP contribution in [0.1, 0.15) is 27.2 Å². The Bertz CT molecular complexity index is 339. The summed E-state index contributed by atoms with van der Waals surface area (Å²) < 4.78 is 4.86. The molecule has 0 saturated carbocycles. The molecule has 0 aromatic heterocycles. The van der Waals surface area contributed by atoms with Gasteiger partial charge in [0.25, 0.3) is 0 Å². The largest absolute Gasteiger partial charge is 0.478 e. The molecule has 0 aliphatic carbocycles. The van der Waals surface area contributed by atoms with Gasteiger partial charge in [0.05, 0.1) is 12.7 Å². The molecule has 5 heteroatoms. The van der Waals surface area contributed by atoms with Gasteiger partial charge in [-0.15, -0.1) is 0 Å². The smallest absolute Gasteiger partial charge is 0.333 e. The van der Waals surface area contributed by atoms with E-state index in [2.05, 4.69) is 0 Å². The molecule has 5 nitrogen and oxygen atoms in total. The van der Waals surface area contributed by atoms with E-state index in [4.69, 9.17) is 14.9 Å². The first-order valence-corrected chi connectivity index (χ1v) is 5.28. The lowest BCUT2D eigenvalue weighted by Gasteiger charge is -2.05. The number of carbonyl (C=O) groups excluding carboxylic acids is 1. The Morgan fingerprint density at radius 3 is 2.24 bits per heavy atom. The molecule has 0 radical (unpaired) electrons. The average Bonchev–Trinajstić information content (AvgIpc) is 2.24. The molecule has 1 unspecified atom stereocenters. The molecule has 0 saturated heterocycles. The standard InChI is InChI=1S/C12H18O5/c1-8(11(14)15)4-5-9(2)12(16)17-7-6-10(3)13/h4-5,10,13H,6-7H2,1-3H3,(H,14,15). The number of rotatable bonds is 6. The van der Waals surface area contributed by atoms with Crippen molar-refractivity contribution in [1.29, 1.82) is 0 Å². The predicted molar refractivity (Wildman–Crippen MR) is 62.4 cm³/mol. The van der Waals surface area contributed by atoms with E-state index in [1.54, 1.807) is 6.92 Å². The molecule has 0 aromatic rings. The normalized spacial score (nSPS) is 14.4. The summed E-state index contributed by atoms with van der Waals surface area (Å²) in [6.07, 6.45) is 2.60. The monoisotopic (exact) mass is 242 g/mol. The summed E-state index contributed by atoms with van der Waals surface area (Å²) in [5.74, 6) is -1.54. The summed E-state index contributed by atoms with van der Waals surface area (Å²) in [6, 6.07) is 0. The number of hydrogen-bond acceptors (Lipinski definition) is 4. The van der Waals surface area contributed by atoms with E-state index in [1.165, 1.54) is 26.0 Å². The molecule has 0 aromatic carbocycles. The van der Waals surface area contributed by atoms with Gasteiger partial charge in [-0.1, -0.05) is 12.2 Å². The second-order valence-corrected chi connectivity index (χ2v) is 3.78. The van der Waals surface area contributed by atoms with Crippen molar-refractivity contribution in [3.63, 3.8) is 0 Å². The molecule has 0 rings (SSSR count). The minimum absolute atomic E-state index is 0.140. The number of allylic oxidation sites excluding steroid dienone is 2. The van der Waals surface area contributed by atoms with Crippen molar-refractivity contribution in [3.05, 3.63) is 23.3 Å². The molecule has 0 bridgehead atoms. The van der Waals surface area contributed by atoms with Gasteiger partial charge in [0, 0.05) is 17.6 Å². The van der Waals surface area contributed by atoms with Crippen molar-refractivity contribution in [2.45, 2.75) is 33.3 Å². The van der Waals surface area contributed by atoms with Crippen LogP contribution in [0.3, 0.4) is 0 Å². The van der Waals surface area contributed by atoms with E-state index in [0.29, 0.717) is 12.0 Å². The molecular weight excluding hydrogens is 224 g/mol.